The molecule has 256 valence electrons. The lowest BCUT2D eigenvalue weighted by molar-refractivity contribution is -0.284. The highest BCUT2D eigenvalue weighted by molar-refractivity contribution is 7.09. The maximum absolute atomic E-state index is 13.3. The lowest BCUT2D eigenvalue weighted by atomic mass is 9.94. The molecule has 4 atom stereocenters. The van der Waals surface area contributed by atoms with Gasteiger partial charge in [0.15, 0.2) is 12.0 Å². The topological polar surface area (TPSA) is 106 Å². The first kappa shape index (κ1) is 38.7. The predicted molar refractivity (Wildman–Crippen MR) is 159 cm³/mol. The normalized spacial score (nSPS) is 14.8. The lowest BCUT2D eigenvalue weighted by Gasteiger charge is -2.34. The molecule has 2 rings (SSSR count). The van der Waals surface area contributed by atoms with Crippen LogP contribution in [-0.2, 0) is 25.5 Å². The maximum atomic E-state index is 13.3. The smallest absolute Gasteiger partial charge is 0.400 e. The monoisotopic (exact) mass is 679 g/mol. The molecule has 0 aliphatic carbocycles. The molecule has 0 saturated heterocycles. The Kier molecular flexibility index (Phi) is 13.8. The highest BCUT2D eigenvalue weighted by atomic mass is 32.1. The minimum absolute atomic E-state index is 0.0191. The molecule has 2 aromatic rings. The number of carbonyl (C=O) groups excluding carboxylic acids is 4. The van der Waals surface area contributed by atoms with E-state index < -0.39 is 66.6 Å². The zero-order valence-corrected chi connectivity index (χ0v) is 27.2. The zero-order chi connectivity index (χ0) is 35.0. The van der Waals surface area contributed by atoms with E-state index in [1.54, 1.807) is 20.8 Å². The molecule has 1 aromatic heterocycles. The standard InChI is InChI=1S/C31H39F6N3O5S/c1-17(2)24(40(6)27(43)15-26(30(32,33)34)31(35,36)37)14-25(45-20(5)42)29-39-23(16-46-29)28(44)38-22(12-18(3)19(4)41)13-21-10-8-7-9-11-21/h7-11,16-18,22,24-26H,12-15H2,1-6H3,(H,38,44). The average Bonchev–Trinajstić information content (AvgIpc) is 3.43. The molecular weight excluding hydrogens is 640 g/mol. The summed E-state index contributed by atoms with van der Waals surface area (Å²) < 4.78 is 84.2. The summed E-state index contributed by atoms with van der Waals surface area (Å²) in [5, 5.41) is 4.47. The molecule has 1 aromatic carbocycles. The predicted octanol–water partition coefficient (Wildman–Crippen LogP) is 6.71. The number of ether oxygens (including phenoxy) is 1. The number of halogens is 6. The molecule has 0 spiro atoms. The fourth-order valence-electron chi connectivity index (χ4n) is 4.90. The third-order valence-corrected chi connectivity index (χ3v) is 8.55. The molecule has 15 heteroatoms. The molecule has 0 aliphatic heterocycles. The summed E-state index contributed by atoms with van der Waals surface area (Å²) in [5.74, 6) is -7.38. The number of hydrogen-bond acceptors (Lipinski definition) is 7. The van der Waals surface area contributed by atoms with Gasteiger partial charge >= 0.3 is 18.3 Å². The molecule has 0 bridgehead atoms. The Hall–Kier alpha value is -3.49. The molecule has 46 heavy (non-hydrogen) atoms. The van der Waals surface area contributed by atoms with Crippen LogP contribution in [0, 0.1) is 17.8 Å². The third-order valence-electron chi connectivity index (χ3n) is 7.62. The number of benzene rings is 1. The van der Waals surface area contributed by atoms with Crippen LogP contribution in [-0.4, -0.2) is 64.9 Å². The van der Waals surface area contributed by atoms with Gasteiger partial charge in [-0.1, -0.05) is 51.1 Å². The van der Waals surface area contributed by atoms with E-state index in [-0.39, 0.29) is 28.8 Å². The minimum atomic E-state index is -5.68. The number of Topliss-reactive ketones (excluding diaryl/α,β-unsaturated/α-hetero) is 1. The van der Waals surface area contributed by atoms with Crippen LogP contribution in [0.5, 0.6) is 0 Å². The van der Waals surface area contributed by atoms with E-state index in [1.165, 1.54) is 12.3 Å². The molecular formula is C31H39F6N3O5S. The first-order chi connectivity index (χ1) is 21.2. The number of rotatable bonds is 15. The van der Waals surface area contributed by atoms with Crippen LogP contribution < -0.4 is 5.32 Å². The van der Waals surface area contributed by atoms with Crippen molar-refractivity contribution >= 4 is 34.9 Å². The van der Waals surface area contributed by atoms with Gasteiger partial charge in [0.05, 0.1) is 0 Å². The Bertz CT molecular complexity index is 1320. The van der Waals surface area contributed by atoms with E-state index in [0.717, 1.165) is 35.8 Å². The first-order valence-electron chi connectivity index (χ1n) is 14.6. The highest BCUT2D eigenvalue weighted by Gasteiger charge is 2.57. The summed E-state index contributed by atoms with van der Waals surface area (Å²) in [5.41, 5.74) is 0.919. The van der Waals surface area contributed by atoms with Crippen LogP contribution in [0.15, 0.2) is 35.7 Å². The van der Waals surface area contributed by atoms with Gasteiger partial charge in [-0.05, 0) is 31.2 Å². The second kappa shape index (κ2) is 16.4. The quantitative estimate of drug-likeness (QED) is 0.166. The van der Waals surface area contributed by atoms with Gasteiger partial charge in [-0.25, -0.2) is 4.98 Å². The van der Waals surface area contributed by atoms with Crippen molar-refractivity contribution in [2.45, 2.75) is 90.8 Å². The Morgan fingerprint density at radius 3 is 2.04 bits per heavy atom. The number of nitrogens with one attached hydrogen (secondary N) is 1. The molecule has 1 heterocycles. The fourth-order valence-corrected chi connectivity index (χ4v) is 5.74. The maximum Gasteiger partial charge on any atom is 0.400 e. The van der Waals surface area contributed by atoms with Crippen molar-refractivity contribution in [3.8, 4) is 0 Å². The Morgan fingerprint density at radius 1 is 0.957 bits per heavy atom. The van der Waals surface area contributed by atoms with E-state index in [2.05, 4.69) is 10.3 Å². The van der Waals surface area contributed by atoms with Gasteiger partial charge in [0.1, 0.15) is 16.5 Å². The fraction of sp³-hybridized carbons (Fsp3) is 0.581. The van der Waals surface area contributed by atoms with Crippen molar-refractivity contribution in [3.63, 3.8) is 0 Å². The highest BCUT2D eigenvalue weighted by Crippen LogP contribution is 2.42. The summed E-state index contributed by atoms with van der Waals surface area (Å²) in [6, 6.07) is 7.96. The number of thiazole rings is 1. The van der Waals surface area contributed by atoms with Crippen LogP contribution in [0.3, 0.4) is 0 Å². The van der Waals surface area contributed by atoms with Crippen LogP contribution >= 0.6 is 11.3 Å². The molecule has 0 aliphatic rings. The summed E-state index contributed by atoms with van der Waals surface area (Å²) in [6.07, 6.45) is -13.7. The van der Waals surface area contributed by atoms with Crippen LogP contribution in [0.2, 0.25) is 0 Å². The zero-order valence-electron chi connectivity index (χ0n) is 26.4. The Labute approximate surface area is 267 Å². The number of aromatic nitrogens is 1. The van der Waals surface area contributed by atoms with E-state index in [9.17, 15) is 45.5 Å². The van der Waals surface area contributed by atoms with E-state index in [4.69, 9.17) is 4.74 Å². The second-order valence-corrected chi connectivity index (χ2v) is 12.6. The SMILES string of the molecule is CC(=O)OC(CC(C(C)C)N(C)C(=O)CC(C(F)(F)F)C(F)(F)F)c1nc(C(=O)NC(Cc2ccccc2)CC(C)C(C)=O)cs1. The van der Waals surface area contributed by atoms with Crippen molar-refractivity contribution < 1.29 is 50.3 Å². The molecule has 1 N–H and O–H groups in total. The molecule has 0 saturated carbocycles. The second-order valence-electron chi connectivity index (χ2n) is 11.7. The number of ketones is 1. The molecule has 2 amide bonds. The van der Waals surface area contributed by atoms with E-state index in [0.29, 0.717) is 12.8 Å². The van der Waals surface area contributed by atoms with E-state index >= 15 is 0 Å². The number of esters is 1. The van der Waals surface area contributed by atoms with Gasteiger partial charge in [-0.2, -0.15) is 26.3 Å². The summed E-state index contributed by atoms with van der Waals surface area (Å²) in [4.78, 5) is 55.0. The molecule has 8 nitrogen and oxygen atoms in total. The van der Waals surface area contributed by atoms with Gasteiger partial charge in [0, 0.05) is 50.2 Å². The van der Waals surface area contributed by atoms with Crippen molar-refractivity contribution in [2.75, 3.05) is 7.05 Å². The minimum Gasteiger partial charge on any atom is -0.455 e. The van der Waals surface area contributed by atoms with Gasteiger partial charge in [-0.3, -0.25) is 19.2 Å². The molecule has 4 unspecified atom stereocenters. The number of carbonyl (C=O) groups is 4. The van der Waals surface area contributed by atoms with Crippen LogP contribution in [0.1, 0.15) is 81.0 Å². The number of hydrogen-bond donors (Lipinski definition) is 1. The van der Waals surface area contributed by atoms with Gasteiger partial charge in [0.25, 0.3) is 5.91 Å². The van der Waals surface area contributed by atoms with Crippen LogP contribution in [0.4, 0.5) is 26.3 Å². The largest absolute Gasteiger partial charge is 0.455 e. The summed E-state index contributed by atoms with van der Waals surface area (Å²) in [7, 11) is 1.09. The van der Waals surface area contributed by atoms with Gasteiger partial charge < -0.3 is 15.0 Å². The van der Waals surface area contributed by atoms with Crippen molar-refractivity contribution in [2.24, 2.45) is 17.8 Å². The average molecular weight is 680 g/mol. The van der Waals surface area contributed by atoms with Crippen molar-refractivity contribution in [1.82, 2.24) is 15.2 Å². The Balaban J connectivity index is 2.29. The van der Waals surface area contributed by atoms with E-state index in [1.807, 2.05) is 30.3 Å². The van der Waals surface area contributed by atoms with Crippen molar-refractivity contribution in [1.29, 1.82) is 0 Å². The number of amides is 2. The van der Waals surface area contributed by atoms with Gasteiger partial charge in [-0.15, -0.1) is 11.3 Å². The molecule has 0 radical (unpaired) electrons. The van der Waals surface area contributed by atoms with Crippen LogP contribution in [0.25, 0.3) is 0 Å². The summed E-state index contributed by atoms with van der Waals surface area (Å²) in [6.45, 7) is 7.56. The van der Waals surface area contributed by atoms with Crippen molar-refractivity contribution in [3.05, 3.63) is 52.0 Å². The Morgan fingerprint density at radius 2 is 1.54 bits per heavy atom. The number of alkyl halides is 6. The third kappa shape index (κ3) is 11.7. The lowest BCUT2D eigenvalue weighted by Crippen LogP contribution is -2.46. The summed E-state index contributed by atoms with van der Waals surface area (Å²) >= 11 is 0.965. The first-order valence-corrected chi connectivity index (χ1v) is 15.5. The molecule has 0 fully saturated rings. The number of nitrogens with zero attached hydrogens (tertiary/aromatic N) is 2. The van der Waals surface area contributed by atoms with Gasteiger partial charge in [0.2, 0.25) is 5.91 Å².